The van der Waals surface area contributed by atoms with Crippen LogP contribution in [0.1, 0.15) is 33.7 Å². The van der Waals surface area contributed by atoms with E-state index in [1.807, 2.05) is 48.5 Å². The van der Waals surface area contributed by atoms with Crippen molar-refractivity contribution in [2.45, 2.75) is 32.4 Å². The van der Waals surface area contributed by atoms with Crippen molar-refractivity contribution in [1.29, 1.82) is 5.26 Å². The Hall–Kier alpha value is -3.70. The maximum absolute atomic E-state index is 12.6. The lowest BCUT2D eigenvalue weighted by Crippen LogP contribution is -2.42. The molecule has 8 heteroatoms. The van der Waals surface area contributed by atoms with E-state index in [0.29, 0.717) is 49.5 Å². The van der Waals surface area contributed by atoms with E-state index in [-0.39, 0.29) is 11.9 Å². The first kappa shape index (κ1) is 21.5. The second kappa shape index (κ2) is 10.1. The molecule has 1 aliphatic rings. The highest BCUT2D eigenvalue weighted by atomic mass is 32.1. The quantitative estimate of drug-likeness (QED) is 0.602. The summed E-state index contributed by atoms with van der Waals surface area (Å²) in [6, 6.07) is 17.5. The van der Waals surface area contributed by atoms with Crippen LogP contribution in [0, 0.1) is 11.3 Å². The minimum Gasteiger partial charge on any atom is -0.332 e. The second-order valence-corrected chi connectivity index (χ2v) is 8.61. The summed E-state index contributed by atoms with van der Waals surface area (Å²) in [4.78, 5) is 31.9. The van der Waals surface area contributed by atoms with Crippen molar-refractivity contribution in [3.05, 3.63) is 82.0 Å². The van der Waals surface area contributed by atoms with Gasteiger partial charge in [-0.25, -0.2) is 4.79 Å². The van der Waals surface area contributed by atoms with Gasteiger partial charge in [-0.15, -0.1) is 11.3 Å². The van der Waals surface area contributed by atoms with Gasteiger partial charge in [0, 0.05) is 24.0 Å². The summed E-state index contributed by atoms with van der Waals surface area (Å²) in [5, 5.41) is 16.1. The molecule has 0 saturated heterocycles. The Morgan fingerprint density at radius 3 is 2.72 bits per heavy atom. The first-order valence-corrected chi connectivity index (χ1v) is 11.3. The van der Waals surface area contributed by atoms with Crippen molar-refractivity contribution in [2.75, 3.05) is 11.9 Å². The van der Waals surface area contributed by atoms with Crippen molar-refractivity contribution in [3.8, 4) is 6.07 Å². The Labute approximate surface area is 190 Å². The van der Waals surface area contributed by atoms with E-state index in [9.17, 15) is 14.9 Å². The number of thiophene rings is 1. The third kappa shape index (κ3) is 5.13. The first-order valence-electron chi connectivity index (χ1n) is 10.4. The fourth-order valence-electron chi connectivity index (χ4n) is 3.66. The topological polar surface area (TPSA) is 98.1 Å². The molecule has 3 amide bonds. The molecule has 4 rings (SSSR count). The normalized spacial score (nSPS) is 12.5. The minimum absolute atomic E-state index is 0.117. The highest BCUT2D eigenvalue weighted by Gasteiger charge is 2.27. The molecule has 3 aromatic rings. The number of fused-ring (bicyclic) bond motifs is 1. The summed E-state index contributed by atoms with van der Waals surface area (Å²) >= 11 is 1.38. The zero-order valence-corrected chi connectivity index (χ0v) is 18.3. The van der Waals surface area contributed by atoms with Gasteiger partial charge in [0.25, 0.3) is 0 Å². The smallest absolute Gasteiger partial charge is 0.318 e. The zero-order valence-electron chi connectivity index (χ0n) is 17.5. The Balaban J connectivity index is 1.37. The number of nitrogens with one attached hydrogen (secondary N) is 2. The van der Waals surface area contributed by atoms with Gasteiger partial charge in [0.2, 0.25) is 5.91 Å². The summed E-state index contributed by atoms with van der Waals surface area (Å²) in [5.41, 5.74) is 3.35. The molecular weight excluding hydrogens is 422 g/mol. The van der Waals surface area contributed by atoms with E-state index in [1.54, 1.807) is 11.1 Å². The zero-order chi connectivity index (χ0) is 22.3. The molecule has 2 aromatic heterocycles. The summed E-state index contributed by atoms with van der Waals surface area (Å²) < 4.78 is 0. The van der Waals surface area contributed by atoms with Crippen LogP contribution >= 0.6 is 11.3 Å². The monoisotopic (exact) mass is 445 g/mol. The van der Waals surface area contributed by atoms with Crippen LogP contribution in [0.5, 0.6) is 0 Å². The van der Waals surface area contributed by atoms with Gasteiger partial charge < -0.3 is 15.5 Å². The summed E-state index contributed by atoms with van der Waals surface area (Å²) in [6.45, 7) is 1.30. The van der Waals surface area contributed by atoms with Crippen LogP contribution in [0.2, 0.25) is 0 Å². The van der Waals surface area contributed by atoms with Gasteiger partial charge in [-0.3, -0.25) is 9.78 Å². The van der Waals surface area contributed by atoms with E-state index in [1.165, 1.54) is 11.3 Å². The van der Waals surface area contributed by atoms with Crippen LogP contribution in [0.3, 0.4) is 0 Å². The Kier molecular flexibility index (Phi) is 6.78. The van der Waals surface area contributed by atoms with Crippen molar-refractivity contribution in [2.24, 2.45) is 0 Å². The van der Waals surface area contributed by atoms with Crippen LogP contribution in [0.25, 0.3) is 0 Å². The summed E-state index contributed by atoms with van der Waals surface area (Å²) in [6.07, 6.45) is 3.27. The van der Waals surface area contributed by atoms with E-state index in [0.717, 1.165) is 21.7 Å². The molecule has 0 atom stereocenters. The molecular formula is C24H23N5O2S. The standard InChI is InChI=1S/C24H23N5O2S/c25-14-20-19-11-13-29(24(31)27-15-18-8-4-5-12-26-18)16-21(19)32-23(20)28-22(30)10-9-17-6-2-1-3-7-17/h1-8,12H,9-11,13,15-16H2,(H,27,31)(H,28,30). The SMILES string of the molecule is N#Cc1c(NC(=O)CCc2ccccc2)sc2c1CCN(C(=O)NCc1ccccn1)C2. The number of nitriles is 1. The summed E-state index contributed by atoms with van der Waals surface area (Å²) in [5.74, 6) is -0.117. The van der Waals surface area contributed by atoms with Crippen molar-refractivity contribution < 1.29 is 9.59 Å². The molecule has 2 N–H and O–H groups in total. The molecule has 0 radical (unpaired) electrons. The Morgan fingerprint density at radius 1 is 1.16 bits per heavy atom. The second-order valence-electron chi connectivity index (χ2n) is 7.50. The number of anilines is 1. The maximum atomic E-state index is 12.6. The van der Waals surface area contributed by atoms with Gasteiger partial charge in [0.15, 0.2) is 0 Å². The number of benzene rings is 1. The summed E-state index contributed by atoms with van der Waals surface area (Å²) in [7, 11) is 0. The van der Waals surface area contributed by atoms with Crippen LogP contribution < -0.4 is 10.6 Å². The average molecular weight is 446 g/mol. The van der Waals surface area contributed by atoms with E-state index < -0.39 is 0 Å². The van der Waals surface area contributed by atoms with E-state index >= 15 is 0 Å². The molecule has 1 aliphatic heterocycles. The van der Waals surface area contributed by atoms with Crippen LogP contribution in [-0.2, 0) is 30.7 Å². The average Bonchev–Trinajstić information content (AvgIpc) is 3.18. The number of aryl methyl sites for hydroxylation is 1. The maximum Gasteiger partial charge on any atom is 0.318 e. The Bertz CT molecular complexity index is 1140. The van der Waals surface area contributed by atoms with Crippen molar-refractivity contribution >= 4 is 28.3 Å². The number of carbonyl (C=O) groups excluding carboxylic acids is 2. The van der Waals surface area contributed by atoms with Gasteiger partial charge >= 0.3 is 6.03 Å². The number of nitrogens with zero attached hydrogens (tertiary/aromatic N) is 3. The van der Waals surface area contributed by atoms with Crippen molar-refractivity contribution in [1.82, 2.24) is 15.2 Å². The van der Waals surface area contributed by atoms with Gasteiger partial charge in [-0.1, -0.05) is 36.4 Å². The number of hydrogen-bond acceptors (Lipinski definition) is 5. The predicted octanol–water partition coefficient (Wildman–Crippen LogP) is 3.85. The third-order valence-corrected chi connectivity index (χ3v) is 6.47. The molecule has 3 heterocycles. The number of aromatic nitrogens is 1. The van der Waals surface area contributed by atoms with Gasteiger partial charge in [-0.2, -0.15) is 5.26 Å². The van der Waals surface area contributed by atoms with Gasteiger partial charge in [0.05, 0.1) is 24.3 Å². The molecule has 7 nitrogen and oxygen atoms in total. The lowest BCUT2D eigenvalue weighted by atomic mass is 10.0. The minimum atomic E-state index is -0.165. The molecule has 0 fully saturated rings. The fourth-order valence-corrected chi connectivity index (χ4v) is 4.89. The first-order chi connectivity index (χ1) is 15.6. The molecule has 0 aliphatic carbocycles. The molecule has 162 valence electrons. The number of carbonyl (C=O) groups is 2. The molecule has 32 heavy (non-hydrogen) atoms. The third-order valence-electron chi connectivity index (χ3n) is 5.34. The van der Waals surface area contributed by atoms with Crippen molar-refractivity contribution in [3.63, 3.8) is 0 Å². The number of pyridine rings is 1. The molecule has 0 unspecified atom stereocenters. The van der Waals surface area contributed by atoms with Crippen LogP contribution in [0.15, 0.2) is 54.7 Å². The molecule has 1 aromatic carbocycles. The number of hydrogen-bond donors (Lipinski definition) is 2. The number of rotatable bonds is 6. The lowest BCUT2D eigenvalue weighted by Gasteiger charge is -2.27. The largest absolute Gasteiger partial charge is 0.332 e. The van der Waals surface area contributed by atoms with Crippen LogP contribution in [0.4, 0.5) is 9.80 Å². The predicted molar refractivity (Wildman–Crippen MR) is 123 cm³/mol. The van der Waals surface area contributed by atoms with E-state index in [2.05, 4.69) is 21.7 Å². The highest BCUT2D eigenvalue weighted by Crippen LogP contribution is 2.36. The molecule has 0 spiro atoms. The van der Waals surface area contributed by atoms with Gasteiger partial charge in [0.1, 0.15) is 11.1 Å². The van der Waals surface area contributed by atoms with E-state index in [4.69, 9.17) is 0 Å². The number of urea groups is 1. The fraction of sp³-hybridized carbons (Fsp3) is 0.250. The number of amides is 3. The molecule has 0 bridgehead atoms. The highest BCUT2D eigenvalue weighted by molar-refractivity contribution is 7.16. The Morgan fingerprint density at radius 2 is 1.97 bits per heavy atom. The van der Waals surface area contributed by atoms with Gasteiger partial charge in [-0.05, 0) is 36.1 Å². The molecule has 0 saturated carbocycles. The lowest BCUT2D eigenvalue weighted by molar-refractivity contribution is -0.116. The van der Waals surface area contributed by atoms with Crippen LogP contribution in [-0.4, -0.2) is 28.4 Å².